The molecule has 1 aliphatic carbocycles. The first kappa shape index (κ1) is 16.5. The van der Waals surface area contributed by atoms with Crippen molar-refractivity contribution < 1.29 is 4.74 Å². The molecule has 1 aromatic rings. The van der Waals surface area contributed by atoms with Crippen molar-refractivity contribution in [3.63, 3.8) is 0 Å². The van der Waals surface area contributed by atoms with Crippen LogP contribution >= 0.6 is 0 Å². The molecule has 0 aromatic heterocycles. The highest BCUT2D eigenvalue weighted by Gasteiger charge is 2.42. The highest BCUT2D eigenvalue weighted by atomic mass is 16.5. The van der Waals surface area contributed by atoms with Crippen LogP contribution in [-0.4, -0.2) is 18.2 Å². The Bertz CT molecular complexity index is 416. The van der Waals surface area contributed by atoms with E-state index < -0.39 is 0 Å². The van der Waals surface area contributed by atoms with Crippen LogP contribution in [0.5, 0.6) is 0 Å². The Labute approximate surface area is 130 Å². The van der Waals surface area contributed by atoms with Crippen molar-refractivity contribution in [3.8, 4) is 0 Å². The van der Waals surface area contributed by atoms with Crippen molar-refractivity contribution in [3.05, 3.63) is 35.9 Å². The summed E-state index contributed by atoms with van der Waals surface area (Å²) in [5, 5.41) is 0. The number of rotatable bonds is 6. The molecule has 2 rings (SSSR count). The summed E-state index contributed by atoms with van der Waals surface area (Å²) in [6.07, 6.45) is 6.68. The number of nitrogens with two attached hydrogens (primary N) is 1. The average Bonchev–Trinajstić information content (AvgIpc) is 2.48. The van der Waals surface area contributed by atoms with Crippen molar-refractivity contribution in [2.24, 2.45) is 11.1 Å². The Hall–Kier alpha value is -0.860. The maximum atomic E-state index is 6.58. The summed E-state index contributed by atoms with van der Waals surface area (Å²) >= 11 is 0. The van der Waals surface area contributed by atoms with Gasteiger partial charge in [0, 0.05) is 12.6 Å². The smallest absolute Gasteiger partial charge is 0.0833 e. The first-order valence-corrected chi connectivity index (χ1v) is 8.41. The molecule has 0 radical (unpaired) electrons. The molecule has 0 bridgehead atoms. The van der Waals surface area contributed by atoms with E-state index in [4.69, 9.17) is 10.5 Å². The standard InChI is InChI=1S/C19H31NO/c1-4-21-19(14-12-18(2,3)13-15-19)17(20)11-10-16-8-6-5-7-9-16/h5-9,17H,4,10-15,20H2,1-3H3. The lowest BCUT2D eigenvalue weighted by Gasteiger charge is -2.46. The minimum absolute atomic E-state index is 0.0982. The molecular formula is C19H31NO. The Balaban J connectivity index is 1.97. The highest BCUT2D eigenvalue weighted by Crippen LogP contribution is 2.43. The predicted octanol–water partition coefficient (Wildman–Crippen LogP) is 4.32. The van der Waals surface area contributed by atoms with Crippen molar-refractivity contribution in [1.29, 1.82) is 0 Å². The zero-order valence-electron chi connectivity index (χ0n) is 13.9. The third-order valence-electron chi connectivity index (χ3n) is 5.14. The number of aryl methyl sites for hydroxylation is 1. The van der Waals surface area contributed by atoms with Gasteiger partial charge in [-0.3, -0.25) is 0 Å². The van der Waals surface area contributed by atoms with Gasteiger partial charge in [0.15, 0.2) is 0 Å². The van der Waals surface area contributed by atoms with E-state index in [-0.39, 0.29) is 11.6 Å². The van der Waals surface area contributed by atoms with Gasteiger partial charge in [0.2, 0.25) is 0 Å². The summed E-state index contributed by atoms with van der Waals surface area (Å²) in [7, 11) is 0. The number of hydrogen-bond acceptors (Lipinski definition) is 2. The van der Waals surface area contributed by atoms with Gasteiger partial charge in [0.05, 0.1) is 5.60 Å². The molecule has 0 amide bonds. The monoisotopic (exact) mass is 289 g/mol. The van der Waals surface area contributed by atoms with Crippen LogP contribution in [0.1, 0.15) is 58.4 Å². The van der Waals surface area contributed by atoms with Crippen LogP contribution in [0.15, 0.2) is 30.3 Å². The maximum Gasteiger partial charge on any atom is 0.0833 e. The van der Waals surface area contributed by atoms with Gasteiger partial charge in [0.1, 0.15) is 0 Å². The third kappa shape index (κ3) is 4.31. The molecule has 118 valence electrons. The summed E-state index contributed by atoms with van der Waals surface area (Å²) < 4.78 is 6.19. The Kier molecular flexibility index (Phi) is 5.45. The molecule has 1 aromatic carbocycles. The topological polar surface area (TPSA) is 35.2 Å². The fourth-order valence-electron chi connectivity index (χ4n) is 3.49. The molecule has 1 unspecified atom stereocenters. The largest absolute Gasteiger partial charge is 0.374 e. The van der Waals surface area contributed by atoms with E-state index in [1.807, 2.05) is 0 Å². The zero-order chi connectivity index (χ0) is 15.3. The Morgan fingerprint density at radius 3 is 2.29 bits per heavy atom. The summed E-state index contributed by atoms with van der Waals surface area (Å²) in [5.41, 5.74) is 8.30. The van der Waals surface area contributed by atoms with Gasteiger partial charge in [-0.25, -0.2) is 0 Å². The van der Waals surface area contributed by atoms with Gasteiger partial charge >= 0.3 is 0 Å². The van der Waals surface area contributed by atoms with Crippen LogP contribution in [0.3, 0.4) is 0 Å². The molecule has 2 heteroatoms. The maximum absolute atomic E-state index is 6.58. The van der Waals surface area contributed by atoms with E-state index in [0.29, 0.717) is 5.41 Å². The van der Waals surface area contributed by atoms with Gasteiger partial charge in [-0.2, -0.15) is 0 Å². The van der Waals surface area contributed by atoms with Crippen molar-refractivity contribution in [2.75, 3.05) is 6.61 Å². The molecule has 1 fully saturated rings. The van der Waals surface area contributed by atoms with Crippen LogP contribution < -0.4 is 5.73 Å². The molecule has 1 saturated carbocycles. The van der Waals surface area contributed by atoms with E-state index in [1.165, 1.54) is 18.4 Å². The van der Waals surface area contributed by atoms with E-state index >= 15 is 0 Å². The molecule has 21 heavy (non-hydrogen) atoms. The molecule has 2 nitrogen and oxygen atoms in total. The quantitative estimate of drug-likeness (QED) is 0.846. The normalized spacial score (nSPS) is 21.9. The SMILES string of the molecule is CCOC1(C(N)CCc2ccccc2)CCC(C)(C)CC1. The van der Waals surface area contributed by atoms with Crippen LogP contribution in [0.25, 0.3) is 0 Å². The second-order valence-electron chi connectivity index (χ2n) is 7.29. The van der Waals surface area contributed by atoms with Gasteiger partial charge in [0.25, 0.3) is 0 Å². The van der Waals surface area contributed by atoms with Crippen molar-refractivity contribution in [2.45, 2.75) is 70.9 Å². The molecule has 0 heterocycles. The summed E-state index contributed by atoms with van der Waals surface area (Å²) in [6, 6.07) is 10.8. The van der Waals surface area contributed by atoms with Crippen molar-refractivity contribution >= 4 is 0 Å². The first-order chi connectivity index (χ1) is 9.97. The lowest BCUT2D eigenvalue weighted by molar-refractivity contribution is -0.100. The lowest BCUT2D eigenvalue weighted by atomic mass is 9.68. The van der Waals surface area contributed by atoms with Gasteiger partial charge in [-0.1, -0.05) is 44.2 Å². The van der Waals surface area contributed by atoms with Gasteiger partial charge in [-0.15, -0.1) is 0 Å². The van der Waals surface area contributed by atoms with Gasteiger partial charge < -0.3 is 10.5 Å². The van der Waals surface area contributed by atoms with E-state index in [2.05, 4.69) is 51.1 Å². The average molecular weight is 289 g/mol. The molecule has 1 atom stereocenters. The molecule has 0 aliphatic heterocycles. The number of benzene rings is 1. The first-order valence-electron chi connectivity index (χ1n) is 8.41. The Morgan fingerprint density at radius 1 is 1.10 bits per heavy atom. The van der Waals surface area contributed by atoms with Gasteiger partial charge in [-0.05, 0) is 56.4 Å². The second-order valence-corrected chi connectivity index (χ2v) is 7.29. The van der Waals surface area contributed by atoms with E-state index in [0.717, 1.165) is 32.3 Å². The lowest BCUT2D eigenvalue weighted by Crippen LogP contribution is -2.53. The third-order valence-corrected chi connectivity index (χ3v) is 5.14. The summed E-state index contributed by atoms with van der Waals surface area (Å²) in [5.74, 6) is 0. The van der Waals surface area contributed by atoms with Crippen LogP contribution in [0.2, 0.25) is 0 Å². The summed E-state index contributed by atoms with van der Waals surface area (Å²) in [6.45, 7) is 7.57. The fourth-order valence-corrected chi connectivity index (χ4v) is 3.49. The van der Waals surface area contributed by atoms with Crippen LogP contribution in [-0.2, 0) is 11.2 Å². The Morgan fingerprint density at radius 2 is 1.71 bits per heavy atom. The minimum Gasteiger partial charge on any atom is -0.374 e. The number of hydrogen-bond donors (Lipinski definition) is 1. The summed E-state index contributed by atoms with van der Waals surface area (Å²) in [4.78, 5) is 0. The fraction of sp³-hybridized carbons (Fsp3) is 0.684. The molecule has 0 spiro atoms. The zero-order valence-corrected chi connectivity index (χ0v) is 13.9. The minimum atomic E-state index is -0.0982. The second kappa shape index (κ2) is 6.93. The van der Waals surface area contributed by atoms with E-state index in [1.54, 1.807) is 0 Å². The highest BCUT2D eigenvalue weighted by molar-refractivity contribution is 5.15. The van der Waals surface area contributed by atoms with Crippen molar-refractivity contribution in [1.82, 2.24) is 0 Å². The van der Waals surface area contributed by atoms with Crippen LogP contribution in [0.4, 0.5) is 0 Å². The molecule has 0 saturated heterocycles. The molecular weight excluding hydrogens is 258 g/mol. The molecule has 2 N–H and O–H groups in total. The van der Waals surface area contributed by atoms with E-state index in [9.17, 15) is 0 Å². The predicted molar refractivity (Wildman–Crippen MR) is 89.3 cm³/mol. The number of ether oxygens (including phenoxy) is 1. The molecule has 1 aliphatic rings. The van der Waals surface area contributed by atoms with Crippen LogP contribution in [0, 0.1) is 5.41 Å².